The Kier molecular flexibility index (Phi) is 10.6. The van der Waals surface area contributed by atoms with E-state index >= 15 is 0 Å². The van der Waals surface area contributed by atoms with Crippen LogP contribution in [-0.4, -0.2) is 37.0 Å². The first-order valence-electron chi connectivity index (χ1n) is 15.6. The molecule has 2 aromatic heterocycles. The van der Waals surface area contributed by atoms with E-state index in [0.717, 1.165) is 50.8 Å². The molecular weight excluding hydrogens is 534 g/mol. The number of aryl methyl sites for hydroxylation is 3. The van der Waals surface area contributed by atoms with Crippen LogP contribution in [0.1, 0.15) is 78.3 Å². The molecule has 8 nitrogen and oxygen atoms in total. The van der Waals surface area contributed by atoms with Gasteiger partial charge in [-0.15, -0.1) is 5.10 Å². The zero-order valence-electron chi connectivity index (χ0n) is 25.2. The van der Waals surface area contributed by atoms with E-state index in [2.05, 4.69) is 86.7 Å². The van der Waals surface area contributed by atoms with Crippen molar-refractivity contribution >= 4 is 22.6 Å². The largest absolute Gasteiger partial charge is 0.369 e. The number of carbonyl (C=O) groups excluding carboxylic acids is 1. The fourth-order valence-electron chi connectivity index (χ4n) is 5.47. The smallest absolute Gasteiger partial charge is 0.251 e. The van der Waals surface area contributed by atoms with Gasteiger partial charge in [0, 0.05) is 24.0 Å². The number of carbonyl (C=O) groups is 1. The number of amides is 1. The third kappa shape index (κ3) is 8.53. The van der Waals surface area contributed by atoms with E-state index in [9.17, 15) is 4.79 Å². The van der Waals surface area contributed by atoms with Gasteiger partial charge < -0.3 is 15.6 Å². The third-order valence-electron chi connectivity index (χ3n) is 7.99. The van der Waals surface area contributed by atoms with Gasteiger partial charge in [-0.05, 0) is 78.6 Å². The number of nitrogen functional groups attached to an aromatic ring is 1. The number of anilines is 1. The molecule has 0 bridgehead atoms. The normalized spacial score (nSPS) is 11.3. The molecule has 3 N–H and O–H groups in total. The van der Waals surface area contributed by atoms with Crippen LogP contribution in [0.4, 0.5) is 5.95 Å². The van der Waals surface area contributed by atoms with Crippen molar-refractivity contribution in [2.24, 2.45) is 0 Å². The minimum absolute atomic E-state index is 0.0548. The minimum atomic E-state index is -0.0548. The number of nitrogens with one attached hydrogen (secondary N) is 1. The van der Waals surface area contributed by atoms with Crippen molar-refractivity contribution in [3.05, 3.63) is 107 Å². The van der Waals surface area contributed by atoms with Crippen molar-refractivity contribution in [3.63, 3.8) is 0 Å². The lowest BCUT2D eigenvalue weighted by Crippen LogP contribution is -2.27. The maximum absolute atomic E-state index is 12.5. The Hall–Kier alpha value is -4.46. The first-order valence-corrected chi connectivity index (χ1v) is 15.6. The van der Waals surface area contributed by atoms with Gasteiger partial charge in [0.2, 0.25) is 5.95 Å². The summed E-state index contributed by atoms with van der Waals surface area (Å²) < 4.78 is 3.93. The Morgan fingerprint density at radius 3 is 2.47 bits per heavy atom. The summed E-state index contributed by atoms with van der Waals surface area (Å²) >= 11 is 0. The van der Waals surface area contributed by atoms with E-state index in [-0.39, 0.29) is 5.91 Å². The summed E-state index contributed by atoms with van der Waals surface area (Å²) in [6.45, 7) is 4.03. The maximum atomic E-state index is 12.5. The molecule has 43 heavy (non-hydrogen) atoms. The fourth-order valence-corrected chi connectivity index (χ4v) is 5.47. The first-order chi connectivity index (χ1) is 21.1. The molecule has 0 radical (unpaired) electrons. The predicted octanol–water partition coefficient (Wildman–Crippen LogP) is 6.38. The fraction of sp³-hybridized carbons (Fsp3) is 0.371. The Morgan fingerprint density at radius 2 is 1.63 bits per heavy atom. The number of fused-ring (bicyclic) bond motifs is 1. The van der Waals surface area contributed by atoms with Gasteiger partial charge in [0.15, 0.2) is 0 Å². The molecule has 0 saturated heterocycles. The summed E-state index contributed by atoms with van der Waals surface area (Å²) in [7, 11) is 0. The van der Waals surface area contributed by atoms with Crippen LogP contribution in [0.15, 0.2) is 79.1 Å². The number of nitrogens with zero attached hydrogens (tertiary/aromatic N) is 5. The number of nitrogens with two attached hydrogens (primary N) is 1. The van der Waals surface area contributed by atoms with Crippen LogP contribution in [0.3, 0.4) is 0 Å². The number of imidazole rings is 1. The van der Waals surface area contributed by atoms with Gasteiger partial charge >= 0.3 is 0 Å². The van der Waals surface area contributed by atoms with E-state index in [1.54, 1.807) is 4.68 Å². The highest BCUT2D eigenvalue weighted by molar-refractivity contribution is 5.94. The van der Waals surface area contributed by atoms with Gasteiger partial charge in [-0.3, -0.25) is 9.48 Å². The van der Waals surface area contributed by atoms with Crippen LogP contribution in [-0.2, 0) is 32.4 Å². The lowest BCUT2D eigenvalue weighted by molar-refractivity contribution is 0.0952. The zero-order valence-corrected chi connectivity index (χ0v) is 25.2. The second-order valence-corrected chi connectivity index (χ2v) is 11.3. The maximum Gasteiger partial charge on any atom is 0.251 e. The second-order valence-electron chi connectivity index (χ2n) is 11.3. The number of hydrogen-bond acceptors (Lipinski definition) is 5. The van der Waals surface area contributed by atoms with Crippen molar-refractivity contribution < 1.29 is 4.79 Å². The lowest BCUT2D eigenvalue weighted by Gasteiger charge is -2.11. The molecule has 5 rings (SSSR count). The summed E-state index contributed by atoms with van der Waals surface area (Å²) in [5, 5.41) is 14.0. The first kappa shape index (κ1) is 30.0. The number of unbranched alkanes of at least 4 members (excludes halogenated alkanes) is 4. The van der Waals surface area contributed by atoms with Crippen LogP contribution < -0.4 is 11.1 Å². The monoisotopic (exact) mass is 577 g/mol. The van der Waals surface area contributed by atoms with Gasteiger partial charge in [-0.2, -0.15) is 0 Å². The quantitative estimate of drug-likeness (QED) is 0.133. The molecular formula is C35H43N7O. The summed E-state index contributed by atoms with van der Waals surface area (Å²) in [4.78, 5) is 16.9. The summed E-state index contributed by atoms with van der Waals surface area (Å²) in [5.41, 5.74) is 11.6. The Morgan fingerprint density at radius 1 is 0.860 bits per heavy atom. The third-order valence-corrected chi connectivity index (χ3v) is 7.99. The molecule has 1 amide bonds. The summed E-state index contributed by atoms with van der Waals surface area (Å²) in [5.74, 6) is 0.507. The molecule has 5 aromatic rings. The number of rotatable bonds is 16. The molecule has 0 aliphatic heterocycles. The van der Waals surface area contributed by atoms with Gasteiger partial charge in [0.25, 0.3) is 5.91 Å². The van der Waals surface area contributed by atoms with Crippen LogP contribution in [0.5, 0.6) is 0 Å². The van der Waals surface area contributed by atoms with Crippen molar-refractivity contribution in [1.82, 2.24) is 29.9 Å². The second kappa shape index (κ2) is 15.1. The van der Waals surface area contributed by atoms with Gasteiger partial charge in [0.1, 0.15) is 0 Å². The highest BCUT2D eigenvalue weighted by Gasteiger charge is 2.10. The summed E-state index contributed by atoms with van der Waals surface area (Å²) in [6.07, 6.45) is 13.6. The average molecular weight is 578 g/mol. The number of benzene rings is 3. The van der Waals surface area contributed by atoms with Gasteiger partial charge in [-0.1, -0.05) is 79.9 Å². The van der Waals surface area contributed by atoms with Crippen LogP contribution in [0.2, 0.25) is 0 Å². The molecule has 3 aromatic carbocycles. The number of aromatic nitrogens is 5. The van der Waals surface area contributed by atoms with E-state index < -0.39 is 0 Å². The molecule has 0 saturated carbocycles. The molecule has 0 aliphatic rings. The minimum Gasteiger partial charge on any atom is -0.369 e. The Balaban J connectivity index is 1.00. The molecule has 0 aliphatic carbocycles. The molecule has 8 heteroatoms. The van der Waals surface area contributed by atoms with Gasteiger partial charge in [-0.25, -0.2) is 4.98 Å². The van der Waals surface area contributed by atoms with Crippen LogP contribution in [0, 0.1) is 0 Å². The average Bonchev–Trinajstić information content (AvgIpc) is 3.63. The lowest BCUT2D eigenvalue weighted by atomic mass is 10.1. The highest BCUT2D eigenvalue weighted by Crippen LogP contribution is 2.19. The van der Waals surface area contributed by atoms with E-state index in [1.807, 2.05) is 24.5 Å². The van der Waals surface area contributed by atoms with E-state index in [0.29, 0.717) is 24.6 Å². The van der Waals surface area contributed by atoms with E-state index in [4.69, 9.17) is 5.73 Å². The Bertz CT molecular complexity index is 1600. The zero-order chi connectivity index (χ0) is 29.9. The standard InChI is InChI=1S/C35H43N7O/c1-2-3-5-10-27-15-19-30(20-16-27)34(43)37-21-22-41-26-32(39-40-41)13-6-4-7-14-33-24-38-35(36)42(33)25-28-17-18-29-11-8-9-12-31(29)23-28/h8-9,11-12,15-20,23-24,26H,2-7,10,13-14,21-22,25H2,1H3,(H2,36,38)(H,37,43). The van der Waals surface area contributed by atoms with Crippen molar-refractivity contribution in [2.75, 3.05) is 12.3 Å². The topological polar surface area (TPSA) is 104 Å². The molecule has 0 fully saturated rings. The van der Waals surface area contributed by atoms with Crippen LogP contribution in [0.25, 0.3) is 10.8 Å². The molecule has 0 unspecified atom stereocenters. The highest BCUT2D eigenvalue weighted by atomic mass is 16.1. The number of hydrogen-bond donors (Lipinski definition) is 2. The Labute approximate surface area is 254 Å². The van der Waals surface area contributed by atoms with Crippen molar-refractivity contribution in [1.29, 1.82) is 0 Å². The van der Waals surface area contributed by atoms with Crippen LogP contribution >= 0.6 is 0 Å². The SMILES string of the molecule is CCCCCc1ccc(C(=O)NCCn2cc(CCCCCc3cnc(N)n3Cc3ccc4ccccc4c3)nn2)cc1. The van der Waals surface area contributed by atoms with Crippen molar-refractivity contribution in [2.45, 2.75) is 77.8 Å². The van der Waals surface area contributed by atoms with Crippen molar-refractivity contribution in [3.8, 4) is 0 Å². The van der Waals surface area contributed by atoms with E-state index in [1.165, 1.54) is 46.9 Å². The molecule has 0 atom stereocenters. The molecule has 224 valence electrons. The van der Waals surface area contributed by atoms with Gasteiger partial charge in [0.05, 0.1) is 25.0 Å². The summed E-state index contributed by atoms with van der Waals surface area (Å²) in [6, 6.07) is 22.9. The molecule has 2 heterocycles. The predicted molar refractivity (Wildman–Crippen MR) is 173 cm³/mol. The molecule has 0 spiro atoms.